The summed E-state index contributed by atoms with van der Waals surface area (Å²) in [7, 11) is 0. The van der Waals surface area contributed by atoms with Crippen molar-refractivity contribution in [3.63, 3.8) is 0 Å². The highest BCUT2D eigenvalue weighted by molar-refractivity contribution is 6.09. The van der Waals surface area contributed by atoms with E-state index in [9.17, 15) is 9.59 Å². The Morgan fingerprint density at radius 2 is 1.50 bits per heavy atom. The normalized spacial score (nSPS) is 12.2. The van der Waals surface area contributed by atoms with Gasteiger partial charge in [0.1, 0.15) is 12.2 Å². The minimum Gasteiger partial charge on any atom is -0.302 e. The van der Waals surface area contributed by atoms with Gasteiger partial charge in [0.2, 0.25) is 0 Å². The Morgan fingerprint density at radius 3 is 2.00 bits per heavy atom. The molecule has 0 aliphatic rings. The van der Waals surface area contributed by atoms with E-state index >= 15 is 0 Å². The van der Waals surface area contributed by atoms with Gasteiger partial charge in [0.15, 0.2) is 5.78 Å². The van der Waals surface area contributed by atoms with Crippen molar-refractivity contribution in [2.45, 2.75) is 25.7 Å². The van der Waals surface area contributed by atoms with Gasteiger partial charge in [-0.05, 0) is 17.0 Å². The van der Waals surface area contributed by atoms with Crippen LogP contribution in [0.1, 0.15) is 47.2 Å². The summed E-state index contributed by atoms with van der Waals surface area (Å²) in [5, 5.41) is 0. The number of carbonyl (C=O) groups is 2. The van der Waals surface area contributed by atoms with Crippen molar-refractivity contribution >= 4 is 12.1 Å². The minimum atomic E-state index is -0.721. The molecule has 0 saturated heterocycles. The van der Waals surface area contributed by atoms with Crippen molar-refractivity contribution in [1.29, 1.82) is 0 Å². The van der Waals surface area contributed by atoms with Crippen LogP contribution < -0.4 is 0 Å². The fourth-order valence-corrected chi connectivity index (χ4v) is 2.16. The third kappa shape index (κ3) is 3.02. The van der Waals surface area contributed by atoms with E-state index in [2.05, 4.69) is 13.8 Å². The van der Waals surface area contributed by atoms with Crippen LogP contribution in [0.25, 0.3) is 0 Å². The summed E-state index contributed by atoms with van der Waals surface area (Å²) in [5.41, 5.74) is 2.50. The predicted octanol–water partition coefficient (Wildman–Crippen LogP) is 3.98. The van der Waals surface area contributed by atoms with Crippen LogP contribution in [0, 0.1) is 0 Å². The van der Waals surface area contributed by atoms with Crippen molar-refractivity contribution in [3.8, 4) is 0 Å². The van der Waals surface area contributed by atoms with Crippen LogP contribution in [0.4, 0.5) is 0 Å². The largest absolute Gasteiger partial charge is 0.302 e. The zero-order valence-electron chi connectivity index (χ0n) is 11.7. The maximum atomic E-state index is 12.4. The highest BCUT2D eigenvalue weighted by Crippen LogP contribution is 2.21. The molecule has 0 fully saturated rings. The van der Waals surface area contributed by atoms with Crippen LogP contribution in [0.15, 0.2) is 54.6 Å². The lowest BCUT2D eigenvalue weighted by atomic mass is 9.91. The fraction of sp³-hybridized carbons (Fsp3) is 0.222. The Balaban J connectivity index is 2.27. The summed E-state index contributed by atoms with van der Waals surface area (Å²) >= 11 is 0. The fourth-order valence-electron chi connectivity index (χ4n) is 2.16. The van der Waals surface area contributed by atoms with E-state index in [1.165, 1.54) is 5.56 Å². The van der Waals surface area contributed by atoms with Gasteiger partial charge < -0.3 is 4.79 Å². The van der Waals surface area contributed by atoms with E-state index in [0.29, 0.717) is 17.8 Å². The second-order valence-corrected chi connectivity index (χ2v) is 5.17. The van der Waals surface area contributed by atoms with Crippen LogP contribution in [0.5, 0.6) is 0 Å². The van der Waals surface area contributed by atoms with Gasteiger partial charge in [-0.15, -0.1) is 0 Å². The Morgan fingerprint density at radius 1 is 0.900 bits per heavy atom. The van der Waals surface area contributed by atoms with Gasteiger partial charge in [-0.25, -0.2) is 0 Å². The molecule has 20 heavy (non-hydrogen) atoms. The summed E-state index contributed by atoms with van der Waals surface area (Å²) < 4.78 is 0. The van der Waals surface area contributed by atoms with Gasteiger partial charge >= 0.3 is 0 Å². The maximum Gasteiger partial charge on any atom is 0.177 e. The first-order valence-electron chi connectivity index (χ1n) is 6.78. The molecule has 1 atom stereocenters. The van der Waals surface area contributed by atoms with Gasteiger partial charge in [0, 0.05) is 5.56 Å². The zero-order chi connectivity index (χ0) is 14.5. The average molecular weight is 266 g/mol. The molecule has 2 aromatic carbocycles. The molecule has 0 aliphatic carbocycles. The molecule has 2 rings (SSSR count). The van der Waals surface area contributed by atoms with Crippen LogP contribution in [0.2, 0.25) is 0 Å². The Kier molecular flexibility index (Phi) is 4.46. The van der Waals surface area contributed by atoms with Crippen molar-refractivity contribution in [3.05, 3.63) is 71.3 Å². The summed E-state index contributed by atoms with van der Waals surface area (Å²) in [4.78, 5) is 23.7. The molecular formula is C18H18O2. The first-order chi connectivity index (χ1) is 9.63. The lowest BCUT2D eigenvalue weighted by molar-refractivity contribution is -0.108. The summed E-state index contributed by atoms with van der Waals surface area (Å²) in [5.74, 6) is -0.447. The molecule has 2 nitrogen and oxygen atoms in total. The first-order valence-corrected chi connectivity index (χ1v) is 6.78. The smallest absolute Gasteiger partial charge is 0.177 e. The van der Waals surface area contributed by atoms with E-state index in [4.69, 9.17) is 0 Å². The molecule has 0 unspecified atom stereocenters. The van der Waals surface area contributed by atoms with Crippen molar-refractivity contribution in [1.82, 2.24) is 0 Å². The topological polar surface area (TPSA) is 34.1 Å². The predicted molar refractivity (Wildman–Crippen MR) is 80.1 cm³/mol. The Bertz CT molecular complexity index is 583. The van der Waals surface area contributed by atoms with Crippen LogP contribution in [0.3, 0.4) is 0 Å². The number of rotatable bonds is 5. The van der Waals surface area contributed by atoms with E-state index in [1.54, 1.807) is 24.3 Å². The highest BCUT2D eigenvalue weighted by atomic mass is 16.1. The number of ketones is 1. The van der Waals surface area contributed by atoms with Crippen molar-refractivity contribution < 1.29 is 9.59 Å². The molecular weight excluding hydrogens is 248 g/mol. The molecule has 2 heteroatoms. The molecule has 0 bridgehead atoms. The van der Waals surface area contributed by atoms with E-state index in [-0.39, 0.29) is 5.78 Å². The van der Waals surface area contributed by atoms with Crippen molar-refractivity contribution in [2.24, 2.45) is 0 Å². The number of benzene rings is 2. The van der Waals surface area contributed by atoms with Gasteiger partial charge in [-0.2, -0.15) is 0 Å². The standard InChI is InChI=1S/C18H18O2/c1-13(2)14-8-10-16(11-9-14)18(20)17(12-19)15-6-4-3-5-7-15/h3-13,17H,1-2H3/t17-/m1/s1. The third-order valence-electron chi connectivity index (χ3n) is 3.44. The van der Waals surface area contributed by atoms with E-state index in [1.807, 2.05) is 30.3 Å². The van der Waals surface area contributed by atoms with Gasteiger partial charge in [-0.1, -0.05) is 68.4 Å². The van der Waals surface area contributed by atoms with E-state index in [0.717, 1.165) is 5.56 Å². The summed E-state index contributed by atoms with van der Waals surface area (Å²) in [6.07, 6.45) is 0.716. The molecule has 2 aromatic rings. The van der Waals surface area contributed by atoms with Gasteiger partial charge in [0.25, 0.3) is 0 Å². The molecule has 0 aliphatic heterocycles. The minimum absolute atomic E-state index is 0.151. The zero-order valence-corrected chi connectivity index (χ0v) is 11.7. The number of aldehydes is 1. The Hall–Kier alpha value is -2.22. The molecule has 0 heterocycles. The molecule has 0 saturated carbocycles. The second kappa shape index (κ2) is 6.29. The number of hydrogen-bond acceptors (Lipinski definition) is 2. The molecule has 0 amide bonds. The summed E-state index contributed by atoms with van der Waals surface area (Å²) in [6, 6.07) is 16.7. The van der Waals surface area contributed by atoms with Crippen molar-refractivity contribution in [2.75, 3.05) is 0 Å². The highest BCUT2D eigenvalue weighted by Gasteiger charge is 2.21. The monoisotopic (exact) mass is 266 g/mol. The number of carbonyl (C=O) groups excluding carboxylic acids is 2. The third-order valence-corrected chi connectivity index (χ3v) is 3.44. The molecule has 102 valence electrons. The quantitative estimate of drug-likeness (QED) is 0.466. The summed E-state index contributed by atoms with van der Waals surface area (Å²) in [6.45, 7) is 4.21. The Labute approximate surface area is 119 Å². The second-order valence-electron chi connectivity index (χ2n) is 5.17. The van der Waals surface area contributed by atoms with Crippen LogP contribution in [-0.2, 0) is 4.79 Å². The molecule has 0 radical (unpaired) electrons. The SMILES string of the molecule is CC(C)c1ccc(C(=O)[C@H](C=O)c2ccccc2)cc1. The van der Waals surface area contributed by atoms with Crippen LogP contribution >= 0.6 is 0 Å². The number of hydrogen-bond donors (Lipinski definition) is 0. The molecule has 0 spiro atoms. The van der Waals surface area contributed by atoms with Crippen LogP contribution in [-0.4, -0.2) is 12.1 Å². The first kappa shape index (κ1) is 14.2. The van der Waals surface area contributed by atoms with E-state index < -0.39 is 5.92 Å². The lowest BCUT2D eigenvalue weighted by Crippen LogP contribution is -2.14. The molecule has 0 aromatic heterocycles. The average Bonchev–Trinajstić information content (AvgIpc) is 2.49. The maximum absolute atomic E-state index is 12.4. The van der Waals surface area contributed by atoms with Gasteiger partial charge in [-0.3, -0.25) is 4.79 Å². The lowest BCUT2D eigenvalue weighted by Gasteiger charge is -2.11. The number of Topliss-reactive ketones (excluding diaryl/α,β-unsaturated/α-hetero) is 1. The van der Waals surface area contributed by atoms with Gasteiger partial charge in [0.05, 0.1) is 0 Å². The molecule has 0 N–H and O–H groups in total.